The summed E-state index contributed by atoms with van der Waals surface area (Å²) in [5.41, 5.74) is 4.55. The quantitative estimate of drug-likeness (QED) is 0.861. The van der Waals surface area contributed by atoms with Gasteiger partial charge in [0.1, 0.15) is 6.04 Å². The first kappa shape index (κ1) is 17.2. The molecule has 25 heavy (non-hydrogen) atoms. The van der Waals surface area contributed by atoms with Crippen LogP contribution in [0.15, 0.2) is 48.5 Å². The average Bonchev–Trinajstić information content (AvgIpc) is 2.60. The zero-order chi connectivity index (χ0) is 18.0. The topological polar surface area (TPSA) is 40.6 Å². The van der Waals surface area contributed by atoms with E-state index < -0.39 is 6.04 Å². The van der Waals surface area contributed by atoms with Gasteiger partial charge in [0.15, 0.2) is 0 Å². The SMILES string of the molecule is Cc1ccc(CN2C(=O)CN(C)C(=O)[C@@H]2Cc2ccccc2)cc1C. The molecule has 130 valence electrons. The highest BCUT2D eigenvalue weighted by molar-refractivity contribution is 5.94. The van der Waals surface area contributed by atoms with Gasteiger partial charge in [0, 0.05) is 20.0 Å². The lowest BCUT2D eigenvalue weighted by atomic mass is 9.99. The molecule has 0 spiro atoms. The van der Waals surface area contributed by atoms with Gasteiger partial charge in [-0.1, -0.05) is 48.5 Å². The molecule has 2 amide bonds. The Bertz CT molecular complexity index is 786. The van der Waals surface area contributed by atoms with Gasteiger partial charge in [0.05, 0.1) is 6.54 Å². The standard InChI is InChI=1S/C21H24N2O2/c1-15-9-10-18(11-16(15)2)13-23-19(12-17-7-5-4-6-8-17)21(25)22(3)14-20(23)24/h4-11,19H,12-14H2,1-3H3/t19-/m0/s1. The number of aryl methyl sites for hydroxylation is 2. The fourth-order valence-electron chi connectivity index (χ4n) is 3.26. The first-order chi connectivity index (χ1) is 12.0. The minimum Gasteiger partial charge on any atom is -0.335 e. The molecule has 0 aromatic heterocycles. The first-order valence-corrected chi connectivity index (χ1v) is 8.60. The van der Waals surface area contributed by atoms with E-state index in [2.05, 4.69) is 26.0 Å². The van der Waals surface area contributed by atoms with Crippen LogP contribution in [0.25, 0.3) is 0 Å². The minimum atomic E-state index is -0.449. The average molecular weight is 336 g/mol. The second-order valence-corrected chi connectivity index (χ2v) is 6.84. The molecule has 1 aliphatic rings. The molecular formula is C21H24N2O2. The summed E-state index contributed by atoms with van der Waals surface area (Å²) in [7, 11) is 1.70. The summed E-state index contributed by atoms with van der Waals surface area (Å²) < 4.78 is 0. The number of amides is 2. The van der Waals surface area contributed by atoms with Gasteiger partial charge >= 0.3 is 0 Å². The number of rotatable bonds is 4. The molecule has 1 fully saturated rings. The Hall–Kier alpha value is -2.62. The normalized spacial score (nSPS) is 18.0. The molecule has 4 heteroatoms. The fourth-order valence-corrected chi connectivity index (χ4v) is 3.26. The van der Waals surface area contributed by atoms with Crippen molar-refractivity contribution in [1.82, 2.24) is 9.80 Å². The molecule has 3 rings (SSSR count). The number of piperazine rings is 1. The van der Waals surface area contributed by atoms with Crippen LogP contribution in [-0.4, -0.2) is 41.2 Å². The van der Waals surface area contributed by atoms with Gasteiger partial charge in [-0.05, 0) is 36.1 Å². The van der Waals surface area contributed by atoms with E-state index in [1.807, 2.05) is 36.4 Å². The van der Waals surface area contributed by atoms with Crippen molar-refractivity contribution >= 4 is 11.8 Å². The third kappa shape index (κ3) is 3.73. The highest BCUT2D eigenvalue weighted by Crippen LogP contribution is 2.20. The van der Waals surface area contributed by atoms with Crippen LogP contribution in [0.2, 0.25) is 0 Å². The number of hydrogen-bond donors (Lipinski definition) is 0. The summed E-state index contributed by atoms with van der Waals surface area (Å²) in [5.74, 6) is 0.00791. The maximum Gasteiger partial charge on any atom is 0.245 e. The predicted octanol–water partition coefficient (Wildman–Crippen LogP) is 2.72. The highest BCUT2D eigenvalue weighted by atomic mass is 16.2. The summed E-state index contributed by atoms with van der Waals surface area (Å²) >= 11 is 0. The lowest BCUT2D eigenvalue weighted by Crippen LogP contribution is -2.59. The van der Waals surface area contributed by atoms with Crippen LogP contribution in [0.5, 0.6) is 0 Å². The van der Waals surface area contributed by atoms with Gasteiger partial charge in [-0.15, -0.1) is 0 Å². The summed E-state index contributed by atoms with van der Waals surface area (Å²) in [5, 5.41) is 0. The molecule has 1 heterocycles. The third-order valence-electron chi connectivity index (χ3n) is 4.93. The zero-order valence-corrected chi connectivity index (χ0v) is 15.0. The number of hydrogen-bond acceptors (Lipinski definition) is 2. The Kier molecular flexibility index (Phi) is 4.88. The maximum atomic E-state index is 12.7. The molecule has 1 aliphatic heterocycles. The van der Waals surface area contributed by atoms with E-state index in [1.54, 1.807) is 11.9 Å². The first-order valence-electron chi connectivity index (χ1n) is 8.60. The van der Waals surface area contributed by atoms with Crippen molar-refractivity contribution in [1.29, 1.82) is 0 Å². The lowest BCUT2D eigenvalue weighted by Gasteiger charge is -2.39. The lowest BCUT2D eigenvalue weighted by molar-refractivity contribution is -0.155. The summed E-state index contributed by atoms with van der Waals surface area (Å²) in [6, 6.07) is 15.6. The number of nitrogens with zero attached hydrogens (tertiary/aromatic N) is 2. The van der Waals surface area contributed by atoms with Gasteiger partial charge < -0.3 is 9.80 Å². The van der Waals surface area contributed by atoms with E-state index in [4.69, 9.17) is 0 Å². The van der Waals surface area contributed by atoms with Crippen LogP contribution < -0.4 is 0 Å². The molecular weight excluding hydrogens is 312 g/mol. The largest absolute Gasteiger partial charge is 0.335 e. The molecule has 0 saturated carbocycles. The van der Waals surface area contributed by atoms with Crippen molar-refractivity contribution in [2.45, 2.75) is 32.9 Å². The van der Waals surface area contributed by atoms with Gasteiger partial charge in [-0.25, -0.2) is 0 Å². The number of benzene rings is 2. The Morgan fingerprint density at radius 2 is 1.68 bits per heavy atom. The van der Waals surface area contributed by atoms with Crippen LogP contribution in [0, 0.1) is 13.8 Å². The maximum absolute atomic E-state index is 12.7. The Morgan fingerprint density at radius 3 is 2.36 bits per heavy atom. The van der Waals surface area contributed by atoms with E-state index in [1.165, 1.54) is 16.0 Å². The van der Waals surface area contributed by atoms with Crippen molar-refractivity contribution in [2.75, 3.05) is 13.6 Å². The molecule has 2 aromatic rings. The van der Waals surface area contributed by atoms with Gasteiger partial charge in [0.25, 0.3) is 0 Å². The van der Waals surface area contributed by atoms with Crippen LogP contribution in [-0.2, 0) is 22.6 Å². The second-order valence-electron chi connectivity index (χ2n) is 6.84. The third-order valence-corrected chi connectivity index (χ3v) is 4.93. The van der Waals surface area contributed by atoms with E-state index in [-0.39, 0.29) is 18.4 Å². The molecule has 0 N–H and O–H groups in total. The van der Waals surface area contributed by atoms with E-state index in [9.17, 15) is 9.59 Å². The van der Waals surface area contributed by atoms with E-state index in [0.29, 0.717) is 13.0 Å². The molecule has 4 nitrogen and oxygen atoms in total. The van der Waals surface area contributed by atoms with Crippen molar-refractivity contribution < 1.29 is 9.59 Å². The molecule has 0 unspecified atom stereocenters. The predicted molar refractivity (Wildman–Crippen MR) is 98.0 cm³/mol. The summed E-state index contributed by atoms with van der Waals surface area (Å²) in [6.45, 7) is 4.76. The van der Waals surface area contributed by atoms with Crippen LogP contribution in [0.3, 0.4) is 0 Å². The summed E-state index contributed by atoms with van der Waals surface area (Å²) in [6.07, 6.45) is 0.542. The van der Waals surface area contributed by atoms with E-state index in [0.717, 1.165) is 11.1 Å². The second kappa shape index (κ2) is 7.09. The highest BCUT2D eigenvalue weighted by Gasteiger charge is 2.37. The Balaban J connectivity index is 1.87. The zero-order valence-electron chi connectivity index (χ0n) is 15.0. The number of carbonyl (C=O) groups is 2. The van der Waals surface area contributed by atoms with Gasteiger partial charge in [-0.2, -0.15) is 0 Å². The number of carbonyl (C=O) groups excluding carboxylic acids is 2. The molecule has 0 bridgehead atoms. The molecule has 0 radical (unpaired) electrons. The van der Waals surface area contributed by atoms with Gasteiger partial charge in [0.2, 0.25) is 11.8 Å². The smallest absolute Gasteiger partial charge is 0.245 e. The number of likely N-dealkylation sites (N-methyl/N-ethyl adjacent to an activating group) is 1. The monoisotopic (exact) mass is 336 g/mol. The van der Waals surface area contributed by atoms with Crippen molar-refractivity contribution in [2.24, 2.45) is 0 Å². The van der Waals surface area contributed by atoms with Crippen molar-refractivity contribution in [3.63, 3.8) is 0 Å². The van der Waals surface area contributed by atoms with Crippen LogP contribution in [0.4, 0.5) is 0 Å². The van der Waals surface area contributed by atoms with Crippen molar-refractivity contribution in [3.8, 4) is 0 Å². The molecule has 1 saturated heterocycles. The fraction of sp³-hybridized carbons (Fsp3) is 0.333. The molecule has 0 aliphatic carbocycles. The molecule has 2 aromatic carbocycles. The van der Waals surface area contributed by atoms with E-state index >= 15 is 0 Å². The Labute approximate surface area is 149 Å². The van der Waals surface area contributed by atoms with Crippen molar-refractivity contribution in [3.05, 3.63) is 70.8 Å². The molecule has 1 atom stereocenters. The van der Waals surface area contributed by atoms with Crippen LogP contribution >= 0.6 is 0 Å². The van der Waals surface area contributed by atoms with Gasteiger partial charge in [-0.3, -0.25) is 9.59 Å². The Morgan fingerprint density at radius 1 is 0.960 bits per heavy atom. The minimum absolute atomic E-state index is 0.00117. The summed E-state index contributed by atoms with van der Waals surface area (Å²) in [4.78, 5) is 28.6. The van der Waals surface area contributed by atoms with Crippen LogP contribution in [0.1, 0.15) is 22.3 Å².